The van der Waals surface area contributed by atoms with E-state index in [2.05, 4.69) is 21.2 Å². The molecular formula is C28H29BrN4O2. The number of carbonyl (C=O) groups excluding carboxylic acids is 1. The number of aromatic nitrogens is 2. The molecule has 180 valence electrons. The molecule has 1 unspecified atom stereocenters. The summed E-state index contributed by atoms with van der Waals surface area (Å²) in [4.78, 5) is 33.8. The van der Waals surface area contributed by atoms with Crippen LogP contribution in [0, 0.1) is 0 Å². The number of hydrogen-bond acceptors (Lipinski definition) is 3. The van der Waals surface area contributed by atoms with Crippen molar-refractivity contribution < 1.29 is 4.79 Å². The number of anilines is 1. The van der Waals surface area contributed by atoms with Crippen LogP contribution in [0.5, 0.6) is 0 Å². The van der Waals surface area contributed by atoms with Crippen LogP contribution in [0.15, 0.2) is 88.1 Å². The summed E-state index contributed by atoms with van der Waals surface area (Å²) in [6.45, 7) is 4.98. The fourth-order valence-corrected chi connectivity index (χ4v) is 4.52. The molecule has 4 aromatic rings. The first-order valence-corrected chi connectivity index (χ1v) is 12.7. The van der Waals surface area contributed by atoms with E-state index in [0.717, 1.165) is 16.5 Å². The highest BCUT2D eigenvalue weighted by Gasteiger charge is 2.29. The predicted molar refractivity (Wildman–Crippen MR) is 144 cm³/mol. The summed E-state index contributed by atoms with van der Waals surface area (Å²) in [5.74, 6) is 0.611. The second-order valence-corrected chi connectivity index (χ2v) is 9.33. The number of hydrogen-bond donors (Lipinski definition) is 1. The average molecular weight is 533 g/mol. The summed E-state index contributed by atoms with van der Waals surface area (Å²) in [5, 5.41) is 3.62. The summed E-state index contributed by atoms with van der Waals surface area (Å²) in [6.07, 6.45) is 1.39. The number of nitrogens with one attached hydrogen (secondary N) is 1. The van der Waals surface area contributed by atoms with E-state index in [1.165, 1.54) is 0 Å². The summed E-state index contributed by atoms with van der Waals surface area (Å²) in [6, 6.07) is 24.1. The summed E-state index contributed by atoms with van der Waals surface area (Å²) < 4.78 is 2.67. The van der Waals surface area contributed by atoms with E-state index in [-0.39, 0.29) is 11.6 Å². The number of urea groups is 1. The van der Waals surface area contributed by atoms with Gasteiger partial charge in [0.05, 0.1) is 16.9 Å². The third kappa shape index (κ3) is 5.62. The van der Waals surface area contributed by atoms with E-state index >= 15 is 0 Å². The van der Waals surface area contributed by atoms with Crippen LogP contribution in [-0.2, 0) is 13.1 Å². The van der Waals surface area contributed by atoms with Crippen LogP contribution in [0.2, 0.25) is 0 Å². The second-order valence-electron chi connectivity index (χ2n) is 8.42. The van der Waals surface area contributed by atoms with Crippen LogP contribution in [0.4, 0.5) is 10.5 Å². The number of fused-ring (bicyclic) bond motifs is 1. The van der Waals surface area contributed by atoms with E-state index in [1.54, 1.807) is 9.47 Å². The van der Waals surface area contributed by atoms with E-state index in [9.17, 15) is 9.59 Å². The van der Waals surface area contributed by atoms with Gasteiger partial charge >= 0.3 is 6.03 Å². The van der Waals surface area contributed by atoms with Gasteiger partial charge in [-0.1, -0.05) is 72.2 Å². The lowest BCUT2D eigenvalue weighted by atomic mass is 10.1. The molecule has 3 aromatic carbocycles. The van der Waals surface area contributed by atoms with Crippen molar-refractivity contribution in [1.82, 2.24) is 14.5 Å². The molecule has 0 aliphatic rings. The van der Waals surface area contributed by atoms with Crippen LogP contribution in [0.3, 0.4) is 0 Å². The van der Waals surface area contributed by atoms with Crippen molar-refractivity contribution in [1.29, 1.82) is 0 Å². The van der Waals surface area contributed by atoms with Gasteiger partial charge in [-0.05, 0) is 54.8 Å². The summed E-state index contributed by atoms with van der Waals surface area (Å²) >= 11 is 3.44. The number of rotatable bonds is 8. The van der Waals surface area contributed by atoms with Crippen LogP contribution in [0.1, 0.15) is 44.1 Å². The van der Waals surface area contributed by atoms with E-state index < -0.39 is 6.04 Å². The highest BCUT2D eigenvalue weighted by Crippen LogP contribution is 2.27. The number of amides is 2. The Kier molecular flexibility index (Phi) is 7.98. The van der Waals surface area contributed by atoms with Crippen LogP contribution >= 0.6 is 15.9 Å². The highest BCUT2D eigenvalue weighted by atomic mass is 79.9. The molecule has 0 spiro atoms. The second kappa shape index (κ2) is 11.3. The number of para-hydroxylation sites is 1. The Morgan fingerprint density at radius 3 is 2.37 bits per heavy atom. The van der Waals surface area contributed by atoms with Gasteiger partial charge in [0.15, 0.2) is 0 Å². The first-order chi connectivity index (χ1) is 17.0. The topological polar surface area (TPSA) is 67.2 Å². The average Bonchev–Trinajstić information content (AvgIpc) is 2.88. The third-order valence-corrected chi connectivity index (χ3v) is 6.48. The predicted octanol–water partition coefficient (Wildman–Crippen LogP) is 6.75. The lowest BCUT2D eigenvalue weighted by Gasteiger charge is -2.32. The van der Waals surface area contributed by atoms with Gasteiger partial charge in [-0.25, -0.2) is 9.78 Å². The molecule has 1 N–H and O–H groups in total. The molecule has 0 radical (unpaired) electrons. The molecule has 0 aliphatic carbocycles. The maximum Gasteiger partial charge on any atom is 0.322 e. The van der Waals surface area contributed by atoms with Gasteiger partial charge < -0.3 is 10.2 Å². The van der Waals surface area contributed by atoms with Gasteiger partial charge in [0.1, 0.15) is 5.82 Å². The molecule has 0 bridgehead atoms. The molecule has 0 fully saturated rings. The fraction of sp³-hybridized carbons (Fsp3) is 0.250. The van der Waals surface area contributed by atoms with E-state index in [0.29, 0.717) is 41.9 Å². The van der Waals surface area contributed by atoms with Gasteiger partial charge in [-0.15, -0.1) is 0 Å². The van der Waals surface area contributed by atoms with Crippen molar-refractivity contribution in [3.05, 3.63) is 105 Å². The Balaban J connectivity index is 1.80. The van der Waals surface area contributed by atoms with Crippen molar-refractivity contribution >= 4 is 38.6 Å². The molecule has 0 aliphatic heterocycles. The minimum Gasteiger partial charge on any atom is -0.310 e. The van der Waals surface area contributed by atoms with Crippen LogP contribution in [-0.4, -0.2) is 20.5 Å². The number of carbonyl (C=O) groups is 1. The van der Waals surface area contributed by atoms with Crippen molar-refractivity contribution in [3.8, 4) is 0 Å². The molecule has 4 rings (SSSR count). The molecule has 0 saturated carbocycles. The number of halogens is 1. The third-order valence-electron chi connectivity index (χ3n) is 5.95. The van der Waals surface area contributed by atoms with Gasteiger partial charge in [-0.3, -0.25) is 9.36 Å². The quantitative estimate of drug-likeness (QED) is 0.272. The first kappa shape index (κ1) is 24.7. The zero-order valence-electron chi connectivity index (χ0n) is 19.9. The lowest BCUT2D eigenvalue weighted by Crippen LogP contribution is -2.40. The van der Waals surface area contributed by atoms with Gasteiger partial charge in [0.2, 0.25) is 0 Å². The monoisotopic (exact) mass is 532 g/mol. The van der Waals surface area contributed by atoms with Gasteiger partial charge in [0, 0.05) is 23.2 Å². The Hall–Kier alpha value is -3.45. The highest BCUT2D eigenvalue weighted by molar-refractivity contribution is 9.10. The molecule has 7 heteroatoms. The van der Waals surface area contributed by atoms with E-state index in [4.69, 9.17) is 4.98 Å². The zero-order chi connectivity index (χ0) is 24.8. The van der Waals surface area contributed by atoms with Crippen LogP contribution < -0.4 is 10.9 Å². The fourth-order valence-electron chi connectivity index (χ4n) is 4.25. The molecule has 35 heavy (non-hydrogen) atoms. The Bertz CT molecular complexity index is 1350. The minimum absolute atomic E-state index is 0.0705. The lowest BCUT2D eigenvalue weighted by molar-refractivity contribution is 0.175. The van der Waals surface area contributed by atoms with Crippen molar-refractivity contribution in [3.63, 3.8) is 0 Å². The summed E-state index contributed by atoms with van der Waals surface area (Å²) in [5.41, 5.74) is 2.27. The number of benzene rings is 3. The van der Waals surface area contributed by atoms with Crippen LogP contribution in [0.25, 0.3) is 10.9 Å². The molecule has 1 atom stereocenters. The minimum atomic E-state index is -0.394. The molecule has 1 heterocycles. The van der Waals surface area contributed by atoms with Gasteiger partial charge in [0.25, 0.3) is 5.56 Å². The standard InChI is InChI=1S/C28H29BrN4O2/c1-3-18-32-26(31-24-13-9-8-12-23(24)27(32)34)25(4-2)33(19-20-10-6-5-7-11-20)28(35)30-22-16-14-21(29)15-17-22/h5-17,25H,3-4,18-19H2,1-2H3,(H,30,35). The Morgan fingerprint density at radius 1 is 1.00 bits per heavy atom. The maximum atomic E-state index is 13.7. The normalized spacial score (nSPS) is 11.9. The van der Waals surface area contributed by atoms with Crippen molar-refractivity contribution in [2.45, 2.75) is 45.8 Å². The largest absolute Gasteiger partial charge is 0.322 e. The maximum absolute atomic E-state index is 13.7. The first-order valence-electron chi connectivity index (χ1n) is 11.9. The summed E-state index contributed by atoms with van der Waals surface area (Å²) in [7, 11) is 0. The van der Waals surface area contributed by atoms with Crippen molar-refractivity contribution in [2.75, 3.05) is 5.32 Å². The molecule has 0 saturated heterocycles. The molecule has 2 amide bonds. The molecule has 1 aromatic heterocycles. The van der Waals surface area contributed by atoms with Gasteiger partial charge in [-0.2, -0.15) is 0 Å². The molecule has 6 nitrogen and oxygen atoms in total. The Labute approximate surface area is 213 Å². The smallest absolute Gasteiger partial charge is 0.310 e. The number of nitrogens with zero attached hydrogens (tertiary/aromatic N) is 3. The zero-order valence-corrected chi connectivity index (χ0v) is 21.5. The van der Waals surface area contributed by atoms with Crippen molar-refractivity contribution in [2.24, 2.45) is 0 Å². The molecular weight excluding hydrogens is 504 g/mol. The van der Waals surface area contributed by atoms with E-state index in [1.807, 2.05) is 92.7 Å². The Morgan fingerprint density at radius 2 is 1.69 bits per heavy atom. The SMILES string of the molecule is CCCn1c(C(CC)N(Cc2ccccc2)C(=O)Nc2ccc(Br)cc2)nc2ccccc2c1=O.